The summed E-state index contributed by atoms with van der Waals surface area (Å²) in [5, 5.41) is 0. The highest BCUT2D eigenvalue weighted by Gasteiger charge is 2.08. The molecule has 0 amide bonds. The van der Waals surface area contributed by atoms with Crippen LogP contribution >= 0.6 is 0 Å². The maximum Gasteiger partial charge on any atom is 0.227 e. The molecule has 3 aromatic carbocycles. The van der Waals surface area contributed by atoms with Crippen molar-refractivity contribution in [3.63, 3.8) is 0 Å². The zero-order valence-electron chi connectivity index (χ0n) is 15.6. The Hall–Kier alpha value is -3.66. The summed E-state index contributed by atoms with van der Waals surface area (Å²) in [6.45, 7) is 4.04. The van der Waals surface area contributed by atoms with E-state index in [2.05, 4.69) is 16.0 Å². The third-order valence-corrected chi connectivity index (χ3v) is 4.59. The van der Waals surface area contributed by atoms with E-state index in [1.54, 1.807) is 0 Å². The van der Waals surface area contributed by atoms with E-state index in [1.807, 2.05) is 80.6 Å². The highest BCUT2D eigenvalue weighted by Crippen LogP contribution is 2.25. The normalized spacial score (nSPS) is 11.8. The summed E-state index contributed by atoms with van der Waals surface area (Å²) in [5.74, 6) is 1.19. The minimum Gasteiger partial charge on any atom is -0.437 e. The number of aromatic nitrogens is 2. The molecule has 0 atom stereocenters. The number of fused-ring (bicyclic) bond motifs is 2. The van der Waals surface area contributed by atoms with Crippen LogP contribution in [0.2, 0.25) is 0 Å². The minimum absolute atomic E-state index is 0.565. The molecule has 2 heterocycles. The molecule has 5 aromatic rings. The van der Waals surface area contributed by atoms with Crippen molar-refractivity contribution in [2.75, 3.05) is 0 Å². The van der Waals surface area contributed by atoms with Crippen LogP contribution in [0.25, 0.3) is 45.8 Å². The van der Waals surface area contributed by atoms with E-state index in [1.165, 1.54) is 5.56 Å². The predicted octanol–water partition coefficient (Wildman–Crippen LogP) is 6.22. The van der Waals surface area contributed by atoms with Gasteiger partial charge in [0, 0.05) is 17.7 Å². The van der Waals surface area contributed by atoms with E-state index in [-0.39, 0.29) is 0 Å². The molecule has 0 fully saturated rings. The highest BCUT2D eigenvalue weighted by atomic mass is 16.4. The fourth-order valence-corrected chi connectivity index (χ4v) is 3.12. The molecule has 4 nitrogen and oxygen atoms in total. The Balaban J connectivity index is 1.39. The molecule has 0 saturated heterocycles. The van der Waals surface area contributed by atoms with E-state index < -0.39 is 0 Å². The minimum atomic E-state index is 0.565. The fraction of sp³-hybridized carbons (Fsp3) is 0.0833. The molecular formula is C24H17N2O2. The van der Waals surface area contributed by atoms with Crippen molar-refractivity contribution in [3.8, 4) is 11.5 Å². The second-order valence-electron chi connectivity index (χ2n) is 6.85. The number of hydrogen-bond donors (Lipinski definition) is 0. The summed E-state index contributed by atoms with van der Waals surface area (Å²) < 4.78 is 11.6. The summed E-state index contributed by atoms with van der Waals surface area (Å²) in [6.07, 6.45) is 3.83. The molecule has 135 valence electrons. The van der Waals surface area contributed by atoms with Crippen LogP contribution in [0.5, 0.6) is 0 Å². The highest BCUT2D eigenvalue weighted by molar-refractivity contribution is 5.78. The average molecular weight is 365 g/mol. The van der Waals surface area contributed by atoms with E-state index in [9.17, 15) is 0 Å². The molecule has 2 aromatic heterocycles. The Kier molecular flexibility index (Phi) is 3.83. The second kappa shape index (κ2) is 6.50. The number of benzene rings is 3. The Morgan fingerprint density at radius 3 is 2.50 bits per heavy atom. The van der Waals surface area contributed by atoms with Crippen LogP contribution in [0.1, 0.15) is 22.6 Å². The monoisotopic (exact) mass is 365 g/mol. The van der Waals surface area contributed by atoms with Gasteiger partial charge in [0.1, 0.15) is 11.0 Å². The van der Waals surface area contributed by atoms with Crippen LogP contribution in [-0.4, -0.2) is 9.97 Å². The third kappa shape index (κ3) is 3.09. The van der Waals surface area contributed by atoms with Gasteiger partial charge in [-0.25, -0.2) is 9.97 Å². The van der Waals surface area contributed by atoms with E-state index in [4.69, 9.17) is 8.83 Å². The van der Waals surface area contributed by atoms with Gasteiger partial charge in [-0.2, -0.15) is 0 Å². The van der Waals surface area contributed by atoms with Gasteiger partial charge in [-0.05, 0) is 66.9 Å². The van der Waals surface area contributed by atoms with Gasteiger partial charge in [0.05, 0.1) is 0 Å². The van der Waals surface area contributed by atoms with Crippen molar-refractivity contribution >= 4 is 34.4 Å². The molecular weight excluding hydrogens is 348 g/mol. The second-order valence-corrected chi connectivity index (χ2v) is 6.85. The largest absolute Gasteiger partial charge is 0.437 e. The number of rotatable bonds is 3. The quantitative estimate of drug-likeness (QED) is 0.381. The Labute approximate surface area is 162 Å². The van der Waals surface area contributed by atoms with Crippen molar-refractivity contribution in [1.82, 2.24) is 9.97 Å². The SMILES string of the molecule is Cc1[c]c2nc(C=Cc3ccc(-c4nc5cc(C)ccc5o4)cc3)oc2cc1. The molecule has 28 heavy (non-hydrogen) atoms. The van der Waals surface area contributed by atoms with Gasteiger partial charge >= 0.3 is 0 Å². The first-order valence-corrected chi connectivity index (χ1v) is 9.09. The topological polar surface area (TPSA) is 52.1 Å². The molecule has 0 unspecified atom stereocenters. The van der Waals surface area contributed by atoms with Crippen LogP contribution in [0, 0.1) is 19.9 Å². The Morgan fingerprint density at radius 1 is 0.821 bits per heavy atom. The molecule has 0 aliphatic rings. The van der Waals surface area contributed by atoms with Crippen molar-refractivity contribution in [1.29, 1.82) is 0 Å². The van der Waals surface area contributed by atoms with E-state index >= 15 is 0 Å². The maximum absolute atomic E-state index is 5.86. The van der Waals surface area contributed by atoms with Crippen molar-refractivity contribution in [2.45, 2.75) is 13.8 Å². The van der Waals surface area contributed by atoms with Crippen molar-refractivity contribution < 1.29 is 8.83 Å². The lowest BCUT2D eigenvalue weighted by atomic mass is 10.1. The van der Waals surface area contributed by atoms with Gasteiger partial charge < -0.3 is 8.83 Å². The molecule has 0 aliphatic carbocycles. The number of hydrogen-bond acceptors (Lipinski definition) is 4. The zero-order chi connectivity index (χ0) is 19.1. The van der Waals surface area contributed by atoms with Crippen LogP contribution in [0.3, 0.4) is 0 Å². The molecule has 5 rings (SSSR count). The van der Waals surface area contributed by atoms with Crippen LogP contribution in [-0.2, 0) is 0 Å². The van der Waals surface area contributed by atoms with E-state index in [0.717, 1.165) is 38.9 Å². The van der Waals surface area contributed by atoms with Crippen molar-refractivity contribution in [2.24, 2.45) is 0 Å². The molecule has 0 spiro atoms. The van der Waals surface area contributed by atoms with Crippen LogP contribution < -0.4 is 0 Å². The first-order valence-electron chi connectivity index (χ1n) is 9.09. The van der Waals surface area contributed by atoms with Crippen LogP contribution in [0.15, 0.2) is 63.4 Å². The van der Waals surface area contributed by atoms with Gasteiger partial charge in [-0.1, -0.05) is 24.3 Å². The fourth-order valence-electron chi connectivity index (χ4n) is 3.12. The molecule has 0 N–H and O–H groups in total. The summed E-state index contributed by atoms with van der Waals surface area (Å²) in [7, 11) is 0. The van der Waals surface area contributed by atoms with Gasteiger partial charge in [0.2, 0.25) is 11.8 Å². The van der Waals surface area contributed by atoms with E-state index in [0.29, 0.717) is 11.8 Å². The number of aryl methyl sites for hydroxylation is 2. The number of oxazole rings is 2. The molecule has 1 radical (unpaired) electrons. The standard InChI is InChI=1S/C24H17N2O2/c1-15-3-10-21-19(13-15)25-23(27-21)12-7-17-5-8-18(9-6-17)24-26-20-14-16(2)4-11-22(20)28-24/h3-12,14H,1-2H3. The molecule has 4 heteroatoms. The summed E-state index contributed by atoms with van der Waals surface area (Å²) >= 11 is 0. The Morgan fingerprint density at radius 2 is 1.64 bits per heavy atom. The Bertz CT molecular complexity index is 1320. The first-order chi connectivity index (χ1) is 13.6. The molecule has 0 aliphatic heterocycles. The zero-order valence-corrected chi connectivity index (χ0v) is 15.6. The van der Waals surface area contributed by atoms with Gasteiger partial charge in [-0.15, -0.1) is 0 Å². The third-order valence-electron chi connectivity index (χ3n) is 4.59. The lowest BCUT2D eigenvalue weighted by molar-refractivity contribution is 0.589. The summed E-state index contributed by atoms with van der Waals surface area (Å²) in [5.41, 5.74) is 7.36. The van der Waals surface area contributed by atoms with Gasteiger partial charge in [-0.3, -0.25) is 0 Å². The molecule has 0 bridgehead atoms. The lowest BCUT2D eigenvalue weighted by Gasteiger charge is -1.96. The first kappa shape index (κ1) is 16.5. The van der Waals surface area contributed by atoms with Gasteiger partial charge in [0.25, 0.3) is 0 Å². The summed E-state index contributed by atoms with van der Waals surface area (Å²) in [4.78, 5) is 9.04. The predicted molar refractivity (Wildman–Crippen MR) is 111 cm³/mol. The van der Waals surface area contributed by atoms with Crippen molar-refractivity contribution in [3.05, 3.63) is 83.2 Å². The average Bonchev–Trinajstić information content (AvgIpc) is 3.29. The smallest absolute Gasteiger partial charge is 0.227 e. The maximum atomic E-state index is 5.86. The van der Waals surface area contributed by atoms with Crippen LogP contribution in [0.4, 0.5) is 0 Å². The number of nitrogens with zero attached hydrogens (tertiary/aromatic N) is 2. The lowest BCUT2D eigenvalue weighted by Crippen LogP contribution is -1.78. The summed E-state index contributed by atoms with van der Waals surface area (Å²) in [6, 6.07) is 21.1. The van der Waals surface area contributed by atoms with Gasteiger partial charge in [0.15, 0.2) is 11.2 Å². The molecule has 0 saturated carbocycles.